The van der Waals surface area contributed by atoms with Crippen LogP contribution in [0.2, 0.25) is 0 Å². The molecule has 3 rings (SSSR count). The number of amides is 1. The summed E-state index contributed by atoms with van der Waals surface area (Å²) in [4.78, 5) is 16.3. The third-order valence-corrected chi connectivity index (χ3v) is 4.64. The molecule has 0 aliphatic carbocycles. The molecule has 0 aliphatic rings. The van der Waals surface area contributed by atoms with Crippen LogP contribution >= 0.6 is 11.8 Å². The van der Waals surface area contributed by atoms with Crippen LogP contribution in [0, 0.1) is 0 Å². The predicted octanol–water partition coefficient (Wildman–Crippen LogP) is 3.27. The first-order chi connectivity index (χ1) is 13.2. The quantitative estimate of drug-likeness (QED) is 0.476. The smallest absolute Gasteiger partial charge is 0.234 e. The lowest BCUT2D eigenvalue weighted by Crippen LogP contribution is -2.14. The van der Waals surface area contributed by atoms with Crippen molar-refractivity contribution in [1.29, 1.82) is 0 Å². The molecule has 2 heterocycles. The maximum absolute atomic E-state index is 12.2. The van der Waals surface area contributed by atoms with Gasteiger partial charge in [0.05, 0.1) is 12.9 Å². The van der Waals surface area contributed by atoms with E-state index in [1.807, 2.05) is 16.7 Å². The van der Waals surface area contributed by atoms with Crippen molar-refractivity contribution in [3.63, 3.8) is 0 Å². The monoisotopic (exact) mass is 381 g/mol. The number of rotatable bonds is 8. The summed E-state index contributed by atoms with van der Waals surface area (Å²) in [6.45, 7) is 4.34. The second-order valence-electron chi connectivity index (χ2n) is 5.51. The van der Waals surface area contributed by atoms with Crippen molar-refractivity contribution in [2.24, 2.45) is 0 Å². The van der Waals surface area contributed by atoms with E-state index in [-0.39, 0.29) is 11.7 Å². The van der Waals surface area contributed by atoms with E-state index in [9.17, 15) is 4.79 Å². The van der Waals surface area contributed by atoms with Gasteiger partial charge in [-0.25, -0.2) is 0 Å². The SMILES string of the molecule is C=CCn1c(SCC(=O)Nc2ccc(OC)cc2)nnc1-c1ccncc1. The van der Waals surface area contributed by atoms with Crippen molar-refractivity contribution in [2.45, 2.75) is 11.7 Å². The first kappa shape index (κ1) is 18.7. The maximum Gasteiger partial charge on any atom is 0.234 e. The lowest BCUT2D eigenvalue weighted by atomic mass is 10.2. The zero-order valence-electron chi connectivity index (χ0n) is 14.8. The standard InChI is InChI=1S/C19H19N5O2S/c1-3-12-24-18(14-8-10-20-11-9-14)22-23-19(24)27-13-17(25)21-15-4-6-16(26-2)7-5-15/h3-11H,1,12-13H2,2H3,(H,21,25). The molecule has 7 nitrogen and oxygen atoms in total. The second kappa shape index (κ2) is 9.00. The van der Waals surface area contributed by atoms with E-state index in [1.54, 1.807) is 49.8 Å². The first-order valence-electron chi connectivity index (χ1n) is 8.22. The maximum atomic E-state index is 12.2. The molecule has 1 N–H and O–H groups in total. The van der Waals surface area contributed by atoms with Crippen molar-refractivity contribution in [3.8, 4) is 17.1 Å². The number of anilines is 1. The normalized spacial score (nSPS) is 10.4. The molecule has 0 atom stereocenters. The summed E-state index contributed by atoms with van der Waals surface area (Å²) in [5, 5.41) is 12.0. The van der Waals surface area contributed by atoms with Gasteiger partial charge in [-0.15, -0.1) is 16.8 Å². The Balaban J connectivity index is 1.67. The molecule has 0 unspecified atom stereocenters. The van der Waals surface area contributed by atoms with Gasteiger partial charge in [0.1, 0.15) is 5.75 Å². The van der Waals surface area contributed by atoms with Crippen LogP contribution in [-0.4, -0.2) is 38.5 Å². The Hall–Kier alpha value is -3.13. The highest BCUT2D eigenvalue weighted by Gasteiger charge is 2.15. The topological polar surface area (TPSA) is 81.9 Å². The van der Waals surface area contributed by atoms with E-state index >= 15 is 0 Å². The Labute approximate surface area is 161 Å². The van der Waals surface area contributed by atoms with Gasteiger partial charge in [0.15, 0.2) is 11.0 Å². The number of carbonyl (C=O) groups excluding carboxylic acids is 1. The van der Waals surface area contributed by atoms with Gasteiger partial charge >= 0.3 is 0 Å². The second-order valence-corrected chi connectivity index (χ2v) is 6.45. The summed E-state index contributed by atoms with van der Waals surface area (Å²) >= 11 is 1.33. The van der Waals surface area contributed by atoms with E-state index in [4.69, 9.17) is 4.74 Å². The number of aromatic nitrogens is 4. The van der Waals surface area contributed by atoms with E-state index in [1.165, 1.54) is 11.8 Å². The van der Waals surface area contributed by atoms with Crippen LogP contribution in [-0.2, 0) is 11.3 Å². The number of thioether (sulfide) groups is 1. The molecule has 0 radical (unpaired) electrons. The molecule has 3 aromatic rings. The van der Waals surface area contributed by atoms with Gasteiger partial charge in [0, 0.05) is 30.2 Å². The number of pyridine rings is 1. The Morgan fingerprint density at radius 3 is 2.63 bits per heavy atom. The third-order valence-electron chi connectivity index (χ3n) is 3.67. The molecular weight excluding hydrogens is 362 g/mol. The number of hydrogen-bond donors (Lipinski definition) is 1. The van der Waals surface area contributed by atoms with Crippen molar-refractivity contribution >= 4 is 23.4 Å². The molecule has 1 aromatic carbocycles. The van der Waals surface area contributed by atoms with E-state index < -0.39 is 0 Å². The summed E-state index contributed by atoms with van der Waals surface area (Å²) in [6.07, 6.45) is 5.18. The van der Waals surface area contributed by atoms with E-state index in [0.29, 0.717) is 17.4 Å². The molecule has 138 valence electrons. The molecule has 0 saturated carbocycles. The fourth-order valence-electron chi connectivity index (χ4n) is 2.41. The first-order valence-corrected chi connectivity index (χ1v) is 9.21. The fraction of sp³-hybridized carbons (Fsp3) is 0.158. The van der Waals surface area contributed by atoms with Crippen LogP contribution < -0.4 is 10.1 Å². The predicted molar refractivity (Wildman–Crippen MR) is 106 cm³/mol. The molecule has 0 spiro atoms. The van der Waals surface area contributed by atoms with Crippen LogP contribution in [0.5, 0.6) is 5.75 Å². The van der Waals surface area contributed by atoms with Gasteiger partial charge in [-0.3, -0.25) is 14.3 Å². The summed E-state index contributed by atoms with van der Waals surface area (Å²) in [6, 6.07) is 10.9. The van der Waals surface area contributed by atoms with Gasteiger partial charge < -0.3 is 10.1 Å². The number of methoxy groups -OCH3 is 1. The van der Waals surface area contributed by atoms with Crippen LogP contribution in [0.25, 0.3) is 11.4 Å². The molecule has 2 aromatic heterocycles. The Morgan fingerprint density at radius 2 is 1.96 bits per heavy atom. The number of hydrogen-bond acceptors (Lipinski definition) is 6. The number of benzene rings is 1. The molecule has 0 fully saturated rings. The summed E-state index contributed by atoms with van der Waals surface area (Å²) in [5.74, 6) is 1.56. The molecule has 0 bridgehead atoms. The highest BCUT2D eigenvalue weighted by Crippen LogP contribution is 2.24. The van der Waals surface area contributed by atoms with E-state index in [2.05, 4.69) is 27.1 Å². The van der Waals surface area contributed by atoms with Gasteiger partial charge in [0.2, 0.25) is 5.91 Å². The van der Waals surface area contributed by atoms with Gasteiger partial charge in [-0.05, 0) is 36.4 Å². The summed E-state index contributed by atoms with van der Waals surface area (Å²) < 4.78 is 7.03. The van der Waals surface area contributed by atoms with Crippen molar-refractivity contribution < 1.29 is 9.53 Å². The lowest BCUT2D eigenvalue weighted by Gasteiger charge is -2.08. The molecular formula is C19H19N5O2S. The van der Waals surface area contributed by atoms with Crippen LogP contribution in [0.3, 0.4) is 0 Å². The molecule has 0 saturated heterocycles. The number of nitrogens with zero attached hydrogens (tertiary/aromatic N) is 4. The highest BCUT2D eigenvalue weighted by molar-refractivity contribution is 7.99. The Kier molecular flexibility index (Phi) is 6.22. The number of nitrogens with one attached hydrogen (secondary N) is 1. The van der Waals surface area contributed by atoms with Crippen molar-refractivity contribution in [1.82, 2.24) is 19.7 Å². The minimum Gasteiger partial charge on any atom is -0.497 e. The Morgan fingerprint density at radius 1 is 1.22 bits per heavy atom. The van der Waals surface area contributed by atoms with Crippen molar-refractivity contribution in [3.05, 3.63) is 61.4 Å². The molecule has 27 heavy (non-hydrogen) atoms. The number of ether oxygens (including phenoxy) is 1. The average Bonchev–Trinajstić information content (AvgIpc) is 3.10. The zero-order valence-corrected chi connectivity index (χ0v) is 15.6. The number of allylic oxidation sites excluding steroid dienone is 1. The minimum absolute atomic E-state index is 0.121. The van der Waals surface area contributed by atoms with Gasteiger partial charge in [-0.2, -0.15) is 0 Å². The lowest BCUT2D eigenvalue weighted by molar-refractivity contribution is -0.113. The van der Waals surface area contributed by atoms with Crippen LogP contribution in [0.15, 0.2) is 66.6 Å². The molecule has 0 aliphatic heterocycles. The summed E-state index contributed by atoms with van der Waals surface area (Å²) in [5.41, 5.74) is 1.63. The Bertz CT molecular complexity index is 910. The van der Waals surface area contributed by atoms with E-state index in [0.717, 1.165) is 17.1 Å². The highest BCUT2D eigenvalue weighted by atomic mass is 32.2. The van der Waals surface area contributed by atoms with Crippen molar-refractivity contribution in [2.75, 3.05) is 18.2 Å². The number of carbonyl (C=O) groups is 1. The largest absolute Gasteiger partial charge is 0.497 e. The fourth-order valence-corrected chi connectivity index (χ4v) is 3.15. The van der Waals surface area contributed by atoms with Gasteiger partial charge in [0.25, 0.3) is 0 Å². The van der Waals surface area contributed by atoms with Gasteiger partial charge in [-0.1, -0.05) is 17.8 Å². The average molecular weight is 381 g/mol. The zero-order chi connectivity index (χ0) is 19.1. The minimum atomic E-state index is -0.121. The van der Waals surface area contributed by atoms with Crippen LogP contribution in [0.4, 0.5) is 5.69 Å². The molecule has 1 amide bonds. The third kappa shape index (κ3) is 4.73. The van der Waals surface area contributed by atoms with Crippen LogP contribution in [0.1, 0.15) is 0 Å². The summed E-state index contributed by atoms with van der Waals surface area (Å²) in [7, 11) is 1.60. The molecule has 8 heteroatoms.